The Bertz CT molecular complexity index is 387. The van der Waals surface area contributed by atoms with Crippen molar-refractivity contribution in [3.05, 3.63) is 21.1 Å². The van der Waals surface area contributed by atoms with Gasteiger partial charge in [-0.2, -0.15) is 0 Å². The smallest absolute Gasteiger partial charge is 0.0656 e. The molecule has 1 aliphatic rings. The maximum atomic E-state index is 5.83. The lowest BCUT2D eigenvalue weighted by atomic mass is 9.91. The third-order valence-corrected chi connectivity index (χ3v) is 4.43. The van der Waals surface area contributed by atoms with Gasteiger partial charge in [0.05, 0.1) is 5.69 Å². The quantitative estimate of drug-likeness (QED) is 0.756. The van der Waals surface area contributed by atoms with E-state index in [1.807, 2.05) is 12.1 Å². The van der Waals surface area contributed by atoms with E-state index >= 15 is 0 Å². The van der Waals surface area contributed by atoms with Gasteiger partial charge in [-0.05, 0) is 62.2 Å². The molecule has 1 aliphatic heterocycles. The lowest BCUT2D eigenvalue weighted by Crippen LogP contribution is -2.39. The number of nitrogen functional groups attached to an aromatic ring is 1. The summed E-state index contributed by atoms with van der Waals surface area (Å²) < 4.78 is 2.15. The van der Waals surface area contributed by atoms with Crippen LogP contribution in [0.5, 0.6) is 0 Å². The molecule has 0 unspecified atom stereocenters. The number of anilines is 2. The van der Waals surface area contributed by atoms with Crippen molar-refractivity contribution in [1.29, 1.82) is 0 Å². The summed E-state index contributed by atoms with van der Waals surface area (Å²) in [7, 11) is 0. The van der Waals surface area contributed by atoms with Crippen LogP contribution >= 0.6 is 31.9 Å². The summed E-state index contributed by atoms with van der Waals surface area (Å²) >= 11 is 7.24. The summed E-state index contributed by atoms with van der Waals surface area (Å²) in [5, 5.41) is 0. The summed E-state index contributed by atoms with van der Waals surface area (Å²) in [6.07, 6.45) is 1.32. The summed E-state index contributed by atoms with van der Waals surface area (Å²) in [6.45, 7) is 6.88. The molecule has 0 saturated carbocycles. The summed E-state index contributed by atoms with van der Waals surface area (Å²) in [5.74, 6) is 1.49. The monoisotopic (exact) mass is 360 g/mol. The maximum absolute atomic E-state index is 5.83. The van der Waals surface area contributed by atoms with Gasteiger partial charge in [-0.25, -0.2) is 0 Å². The molecule has 0 bridgehead atoms. The Morgan fingerprint density at radius 3 is 2.06 bits per heavy atom. The fourth-order valence-corrected chi connectivity index (χ4v) is 4.46. The molecule has 2 nitrogen and oxygen atoms in total. The molecule has 1 aromatic rings. The third-order valence-electron chi connectivity index (χ3n) is 3.22. The van der Waals surface area contributed by atoms with Crippen LogP contribution < -0.4 is 10.6 Å². The first-order valence-electron chi connectivity index (χ1n) is 5.97. The van der Waals surface area contributed by atoms with Crippen LogP contribution in [0.3, 0.4) is 0 Å². The van der Waals surface area contributed by atoms with Gasteiger partial charge in [0.15, 0.2) is 0 Å². The largest absolute Gasteiger partial charge is 0.399 e. The zero-order valence-electron chi connectivity index (χ0n) is 10.2. The zero-order chi connectivity index (χ0) is 12.6. The first-order chi connectivity index (χ1) is 7.97. The number of halogens is 2. The molecule has 1 saturated heterocycles. The highest BCUT2D eigenvalue weighted by Crippen LogP contribution is 2.39. The van der Waals surface area contributed by atoms with Crippen LogP contribution in [0.1, 0.15) is 20.3 Å². The van der Waals surface area contributed by atoms with Crippen LogP contribution in [0.25, 0.3) is 0 Å². The molecular formula is C13H18Br2N2. The number of piperidine rings is 1. The first-order valence-corrected chi connectivity index (χ1v) is 7.55. The van der Waals surface area contributed by atoms with E-state index in [0.717, 1.165) is 39.6 Å². The number of hydrogen-bond donors (Lipinski definition) is 1. The molecule has 0 spiro atoms. The highest BCUT2D eigenvalue weighted by Gasteiger charge is 2.24. The van der Waals surface area contributed by atoms with Gasteiger partial charge < -0.3 is 10.6 Å². The number of nitrogens with two attached hydrogens (primary N) is 1. The molecule has 0 amide bonds. The second-order valence-electron chi connectivity index (χ2n) is 5.18. The molecule has 94 valence electrons. The van der Waals surface area contributed by atoms with Crippen LogP contribution in [-0.2, 0) is 0 Å². The van der Waals surface area contributed by atoms with E-state index in [1.54, 1.807) is 0 Å². The van der Waals surface area contributed by atoms with Gasteiger partial charge in [-0.3, -0.25) is 0 Å². The van der Waals surface area contributed by atoms with Gasteiger partial charge in [0.1, 0.15) is 0 Å². The summed E-state index contributed by atoms with van der Waals surface area (Å²) in [4.78, 5) is 2.45. The van der Waals surface area contributed by atoms with Crippen LogP contribution in [0.15, 0.2) is 21.1 Å². The summed E-state index contributed by atoms with van der Waals surface area (Å²) in [6, 6.07) is 3.95. The number of benzene rings is 1. The molecular weight excluding hydrogens is 344 g/mol. The highest BCUT2D eigenvalue weighted by atomic mass is 79.9. The van der Waals surface area contributed by atoms with E-state index in [4.69, 9.17) is 5.73 Å². The van der Waals surface area contributed by atoms with Gasteiger partial charge in [0, 0.05) is 27.7 Å². The fourth-order valence-electron chi connectivity index (χ4n) is 2.73. The average molecular weight is 362 g/mol. The van der Waals surface area contributed by atoms with Crippen LogP contribution in [-0.4, -0.2) is 13.1 Å². The average Bonchev–Trinajstić information content (AvgIpc) is 2.13. The molecule has 1 fully saturated rings. The Balaban J connectivity index is 2.33. The number of hydrogen-bond acceptors (Lipinski definition) is 2. The third kappa shape index (κ3) is 2.97. The Kier molecular flexibility index (Phi) is 4.03. The second-order valence-corrected chi connectivity index (χ2v) is 6.89. The zero-order valence-corrected chi connectivity index (χ0v) is 13.4. The van der Waals surface area contributed by atoms with Crippen LogP contribution in [0.4, 0.5) is 11.4 Å². The van der Waals surface area contributed by atoms with E-state index in [1.165, 1.54) is 12.1 Å². The van der Waals surface area contributed by atoms with Gasteiger partial charge in [0.25, 0.3) is 0 Å². The normalized spacial score (nSPS) is 25.1. The molecule has 1 heterocycles. The molecule has 0 aromatic heterocycles. The van der Waals surface area contributed by atoms with E-state index in [2.05, 4.69) is 50.6 Å². The van der Waals surface area contributed by atoms with Crippen molar-refractivity contribution in [2.75, 3.05) is 23.7 Å². The predicted octanol–water partition coefficient (Wildman–Crippen LogP) is 4.28. The molecule has 0 radical (unpaired) electrons. The van der Waals surface area contributed by atoms with E-state index in [0.29, 0.717) is 0 Å². The molecule has 2 atom stereocenters. The lowest BCUT2D eigenvalue weighted by Gasteiger charge is -2.37. The van der Waals surface area contributed by atoms with Crippen molar-refractivity contribution < 1.29 is 0 Å². The standard InChI is InChI=1S/C13H18Br2N2/c1-8-3-9(2)7-17(6-8)13-11(14)4-10(16)5-12(13)15/h4-5,8-9H,3,6-7,16H2,1-2H3/t8-,9-/m1/s1. The van der Waals surface area contributed by atoms with Crippen molar-refractivity contribution in [2.24, 2.45) is 11.8 Å². The minimum Gasteiger partial charge on any atom is -0.399 e. The van der Waals surface area contributed by atoms with Gasteiger partial charge in [0.2, 0.25) is 0 Å². The van der Waals surface area contributed by atoms with E-state index in [9.17, 15) is 0 Å². The molecule has 1 aromatic carbocycles. The Hall–Kier alpha value is -0.220. The maximum Gasteiger partial charge on any atom is 0.0656 e. The van der Waals surface area contributed by atoms with Crippen molar-refractivity contribution in [3.8, 4) is 0 Å². The predicted molar refractivity (Wildman–Crippen MR) is 81.4 cm³/mol. The molecule has 0 aliphatic carbocycles. The van der Waals surface area contributed by atoms with Crippen LogP contribution in [0.2, 0.25) is 0 Å². The minimum atomic E-state index is 0.745. The van der Waals surface area contributed by atoms with Crippen LogP contribution in [0, 0.1) is 11.8 Å². The molecule has 4 heteroatoms. The van der Waals surface area contributed by atoms with Gasteiger partial charge >= 0.3 is 0 Å². The van der Waals surface area contributed by atoms with E-state index in [-0.39, 0.29) is 0 Å². The second kappa shape index (κ2) is 5.19. The van der Waals surface area contributed by atoms with Gasteiger partial charge in [-0.1, -0.05) is 13.8 Å². The summed E-state index contributed by atoms with van der Waals surface area (Å²) in [5.41, 5.74) is 7.85. The topological polar surface area (TPSA) is 29.3 Å². The van der Waals surface area contributed by atoms with Crippen molar-refractivity contribution in [3.63, 3.8) is 0 Å². The Morgan fingerprint density at radius 1 is 1.12 bits per heavy atom. The molecule has 2 rings (SSSR count). The van der Waals surface area contributed by atoms with Crippen molar-refractivity contribution in [1.82, 2.24) is 0 Å². The SMILES string of the molecule is C[C@@H]1C[C@@H](C)CN(c2c(Br)cc(N)cc2Br)C1. The Morgan fingerprint density at radius 2 is 1.59 bits per heavy atom. The highest BCUT2D eigenvalue weighted by molar-refractivity contribution is 9.11. The molecule has 2 N–H and O–H groups in total. The minimum absolute atomic E-state index is 0.745. The number of nitrogens with zero attached hydrogens (tertiary/aromatic N) is 1. The molecule has 17 heavy (non-hydrogen) atoms. The van der Waals surface area contributed by atoms with Crippen molar-refractivity contribution in [2.45, 2.75) is 20.3 Å². The van der Waals surface area contributed by atoms with E-state index < -0.39 is 0 Å². The Labute approximate surface area is 120 Å². The first kappa shape index (κ1) is 13.2. The van der Waals surface area contributed by atoms with Gasteiger partial charge in [-0.15, -0.1) is 0 Å². The fraction of sp³-hybridized carbons (Fsp3) is 0.538. The number of rotatable bonds is 1. The lowest BCUT2D eigenvalue weighted by molar-refractivity contribution is 0.356. The van der Waals surface area contributed by atoms with Crippen molar-refractivity contribution >= 4 is 43.2 Å².